The molecule has 0 aromatic heterocycles. The van der Waals surface area contributed by atoms with E-state index in [1.165, 1.54) is 0 Å². The Morgan fingerprint density at radius 1 is 1.00 bits per heavy atom. The number of hydrogen-bond donors (Lipinski definition) is 1. The van der Waals surface area contributed by atoms with Crippen LogP contribution in [0, 0.1) is 0 Å². The topological polar surface area (TPSA) is 33.7 Å². The Hall–Kier alpha value is -0.880. The molecule has 0 spiro atoms. The molecule has 0 aliphatic rings. The van der Waals surface area contributed by atoms with Crippen LogP contribution in [-0.4, -0.2) is 38.2 Å². The summed E-state index contributed by atoms with van der Waals surface area (Å²) in [5, 5.41) is 4.67. The fraction of sp³-hybridized carbons (Fsp3) is 0.455. The normalized spacial score (nSPS) is 10.3. The average Bonchev–Trinajstić information content (AvgIpc) is 2.70. The Bertz CT molecular complexity index is 743. The summed E-state index contributed by atoms with van der Waals surface area (Å²) < 4.78 is 11.4. The van der Waals surface area contributed by atoms with E-state index >= 15 is 0 Å². The number of halogens is 4. The number of nitrogens with zero attached hydrogens (tertiary/aromatic N) is 1. The lowest BCUT2D eigenvalue weighted by Gasteiger charge is -2.18. The Morgan fingerprint density at radius 3 is 2.33 bits per heavy atom. The fourth-order valence-electron chi connectivity index (χ4n) is 2.98. The summed E-state index contributed by atoms with van der Waals surface area (Å²) in [5.41, 5.74) is 1.97. The molecule has 2 aromatic rings. The van der Waals surface area contributed by atoms with E-state index in [2.05, 4.69) is 24.1 Å². The quantitative estimate of drug-likeness (QED) is 0.351. The molecule has 0 fully saturated rings. The van der Waals surface area contributed by atoms with Gasteiger partial charge in [-0.25, -0.2) is 0 Å². The molecule has 0 saturated heterocycles. The first-order valence-corrected chi connectivity index (χ1v) is 10.5. The molecule has 1 N–H and O–H groups in total. The van der Waals surface area contributed by atoms with Gasteiger partial charge in [-0.15, -0.1) is 24.8 Å². The van der Waals surface area contributed by atoms with E-state index in [4.69, 9.17) is 32.7 Å². The zero-order valence-corrected chi connectivity index (χ0v) is 20.9. The third-order valence-electron chi connectivity index (χ3n) is 4.67. The van der Waals surface area contributed by atoms with E-state index in [1.54, 1.807) is 7.11 Å². The number of nitrogens with one attached hydrogen (secondary N) is 1. The third-order valence-corrected chi connectivity index (χ3v) is 5.32. The molecule has 0 saturated carbocycles. The maximum absolute atomic E-state index is 6.47. The summed E-state index contributed by atoms with van der Waals surface area (Å²) in [5.74, 6) is 1.16. The van der Waals surface area contributed by atoms with Crippen molar-refractivity contribution in [2.45, 2.75) is 33.4 Å². The van der Waals surface area contributed by atoms with Crippen LogP contribution in [0.25, 0.3) is 0 Å². The van der Waals surface area contributed by atoms with Crippen molar-refractivity contribution in [1.82, 2.24) is 10.2 Å². The van der Waals surface area contributed by atoms with E-state index in [0.29, 0.717) is 28.2 Å². The lowest BCUT2D eigenvalue weighted by Crippen LogP contribution is -2.27. The monoisotopic (exact) mass is 496 g/mol. The van der Waals surface area contributed by atoms with Crippen molar-refractivity contribution < 1.29 is 9.47 Å². The summed E-state index contributed by atoms with van der Waals surface area (Å²) in [4.78, 5) is 2.42. The lowest BCUT2D eigenvalue weighted by atomic mass is 10.2. The molecule has 8 heteroatoms. The molecule has 0 unspecified atom stereocenters. The molecule has 2 rings (SSSR count). The predicted octanol–water partition coefficient (Wildman–Crippen LogP) is 6.25. The van der Waals surface area contributed by atoms with E-state index in [0.717, 1.165) is 50.3 Å². The zero-order valence-electron chi connectivity index (χ0n) is 17.7. The summed E-state index contributed by atoms with van der Waals surface area (Å²) in [7, 11) is 1.62. The highest BCUT2D eigenvalue weighted by Crippen LogP contribution is 2.37. The van der Waals surface area contributed by atoms with Crippen molar-refractivity contribution in [2.24, 2.45) is 0 Å². The maximum atomic E-state index is 6.47. The van der Waals surface area contributed by atoms with Crippen LogP contribution in [0.2, 0.25) is 10.0 Å². The van der Waals surface area contributed by atoms with Gasteiger partial charge in [0.05, 0.1) is 12.1 Å². The van der Waals surface area contributed by atoms with Crippen LogP contribution in [0.3, 0.4) is 0 Å². The smallest absolute Gasteiger partial charge is 0.180 e. The lowest BCUT2D eigenvalue weighted by molar-refractivity contribution is 0.284. The van der Waals surface area contributed by atoms with Gasteiger partial charge < -0.3 is 19.7 Å². The van der Waals surface area contributed by atoms with Gasteiger partial charge in [-0.1, -0.05) is 55.2 Å². The molecule has 0 heterocycles. The molecule has 0 amide bonds. The van der Waals surface area contributed by atoms with Crippen LogP contribution in [0.15, 0.2) is 36.4 Å². The molecule has 170 valence electrons. The molecule has 0 bridgehead atoms. The highest BCUT2D eigenvalue weighted by Gasteiger charge is 2.13. The van der Waals surface area contributed by atoms with Crippen LogP contribution < -0.4 is 14.8 Å². The van der Waals surface area contributed by atoms with E-state index in [1.807, 2.05) is 36.4 Å². The SMILES string of the molecule is CCN(CC)CCCNCc1cc(Cl)c(OCc2ccccc2Cl)c(OC)c1.Cl.Cl. The Kier molecular flexibility index (Phi) is 15.4. The standard InChI is InChI=1S/C22H30Cl2N2O2.2ClH/c1-4-26(5-2)12-8-11-25-15-17-13-20(24)22(21(14-17)27-3)28-16-18-9-6-7-10-19(18)23;;/h6-7,9-10,13-14,25H,4-5,8,11-12,15-16H2,1-3H3;2*1H. The van der Waals surface area contributed by atoms with Crippen molar-refractivity contribution in [1.29, 1.82) is 0 Å². The number of hydrogen-bond acceptors (Lipinski definition) is 4. The second-order valence-corrected chi connectivity index (χ2v) is 7.36. The van der Waals surface area contributed by atoms with Gasteiger partial charge in [0, 0.05) is 17.1 Å². The van der Waals surface area contributed by atoms with Gasteiger partial charge in [0.25, 0.3) is 0 Å². The first-order valence-electron chi connectivity index (χ1n) is 9.74. The third kappa shape index (κ3) is 9.09. The minimum atomic E-state index is 0. The van der Waals surface area contributed by atoms with Crippen molar-refractivity contribution in [3.05, 3.63) is 57.6 Å². The average molecular weight is 498 g/mol. The second kappa shape index (κ2) is 15.9. The number of ether oxygens (including phenoxy) is 2. The van der Waals surface area contributed by atoms with Crippen LogP contribution in [-0.2, 0) is 13.2 Å². The second-order valence-electron chi connectivity index (χ2n) is 6.55. The molecular formula is C22H32Cl4N2O2. The van der Waals surface area contributed by atoms with Gasteiger partial charge in [-0.3, -0.25) is 0 Å². The minimum Gasteiger partial charge on any atom is -0.493 e. The van der Waals surface area contributed by atoms with Crippen molar-refractivity contribution in [3.8, 4) is 11.5 Å². The predicted molar refractivity (Wildman–Crippen MR) is 132 cm³/mol. The van der Waals surface area contributed by atoms with E-state index < -0.39 is 0 Å². The Labute approximate surface area is 203 Å². The minimum absolute atomic E-state index is 0. The summed E-state index contributed by atoms with van der Waals surface area (Å²) >= 11 is 12.7. The van der Waals surface area contributed by atoms with E-state index in [-0.39, 0.29) is 24.8 Å². The summed E-state index contributed by atoms with van der Waals surface area (Å²) in [6.07, 6.45) is 1.12. The van der Waals surface area contributed by atoms with Crippen LogP contribution >= 0.6 is 48.0 Å². The van der Waals surface area contributed by atoms with Gasteiger partial charge in [0.15, 0.2) is 11.5 Å². The van der Waals surface area contributed by atoms with Crippen LogP contribution in [0.1, 0.15) is 31.4 Å². The van der Waals surface area contributed by atoms with E-state index in [9.17, 15) is 0 Å². The summed E-state index contributed by atoms with van der Waals surface area (Å²) in [6, 6.07) is 11.5. The van der Waals surface area contributed by atoms with Crippen molar-refractivity contribution in [3.63, 3.8) is 0 Å². The maximum Gasteiger partial charge on any atom is 0.180 e. The number of methoxy groups -OCH3 is 1. The first-order chi connectivity index (χ1) is 13.6. The van der Waals surface area contributed by atoms with Gasteiger partial charge >= 0.3 is 0 Å². The largest absolute Gasteiger partial charge is 0.493 e. The van der Waals surface area contributed by atoms with Gasteiger partial charge in [0.1, 0.15) is 6.61 Å². The number of rotatable bonds is 12. The fourth-order valence-corrected chi connectivity index (χ4v) is 3.46. The van der Waals surface area contributed by atoms with Crippen molar-refractivity contribution in [2.75, 3.05) is 33.3 Å². The summed E-state index contributed by atoms with van der Waals surface area (Å²) in [6.45, 7) is 9.72. The molecular weight excluding hydrogens is 466 g/mol. The van der Waals surface area contributed by atoms with Gasteiger partial charge in [-0.05, 0) is 56.4 Å². The molecule has 0 radical (unpaired) electrons. The first kappa shape index (κ1) is 29.1. The molecule has 30 heavy (non-hydrogen) atoms. The van der Waals surface area contributed by atoms with Crippen molar-refractivity contribution >= 4 is 48.0 Å². The Balaban J connectivity index is 0.00000420. The van der Waals surface area contributed by atoms with Crippen LogP contribution in [0.5, 0.6) is 11.5 Å². The van der Waals surface area contributed by atoms with Crippen LogP contribution in [0.4, 0.5) is 0 Å². The van der Waals surface area contributed by atoms with Gasteiger partial charge in [0.2, 0.25) is 0 Å². The molecule has 0 atom stereocenters. The molecule has 4 nitrogen and oxygen atoms in total. The van der Waals surface area contributed by atoms with Gasteiger partial charge in [-0.2, -0.15) is 0 Å². The molecule has 0 aliphatic carbocycles. The molecule has 0 aliphatic heterocycles. The molecule has 2 aromatic carbocycles. The zero-order chi connectivity index (χ0) is 20.4. The highest BCUT2D eigenvalue weighted by molar-refractivity contribution is 6.32. The Morgan fingerprint density at radius 2 is 1.70 bits per heavy atom. The highest BCUT2D eigenvalue weighted by atomic mass is 35.5. The number of benzene rings is 2.